The van der Waals surface area contributed by atoms with Crippen molar-refractivity contribution in [1.29, 1.82) is 0 Å². The summed E-state index contributed by atoms with van der Waals surface area (Å²) in [5, 5.41) is 19.6. The molecule has 0 radical (unpaired) electrons. The second-order valence-corrected chi connectivity index (χ2v) is 8.94. The zero-order valence-electron chi connectivity index (χ0n) is 17.9. The Morgan fingerprint density at radius 2 is 1.77 bits per heavy atom. The van der Waals surface area contributed by atoms with E-state index in [9.17, 15) is 10.2 Å². The SMILES string of the molecule is Cc1ccc([C@H]2CC(O)C[C@@H](CO)O2)cc1Cc1ccc(OC2CCCCC2)cc1. The average Bonchev–Trinajstić information content (AvgIpc) is 2.77. The molecule has 4 rings (SSSR count). The van der Waals surface area contributed by atoms with Crippen molar-refractivity contribution in [2.45, 2.75) is 82.7 Å². The molecule has 2 N–H and O–H groups in total. The molecule has 4 heteroatoms. The fraction of sp³-hybridized carbons (Fsp3) is 0.538. The van der Waals surface area contributed by atoms with Gasteiger partial charge in [0.1, 0.15) is 5.75 Å². The fourth-order valence-corrected chi connectivity index (χ4v) is 4.69. The monoisotopic (exact) mass is 410 g/mol. The number of aryl methyl sites for hydroxylation is 1. The van der Waals surface area contributed by atoms with Crippen molar-refractivity contribution in [2.75, 3.05) is 6.61 Å². The van der Waals surface area contributed by atoms with Gasteiger partial charge in [0.25, 0.3) is 0 Å². The topological polar surface area (TPSA) is 58.9 Å². The van der Waals surface area contributed by atoms with Crippen molar-refractivity contribution in [1.82, 2.24) is 0 Å². The van der Waals surface area contributed by atoms with Crippen LogP contribution >= 0.6 is 0 Å². The number of rotatable bonds is 6. The first-order chi connectivity index (χ1) is 14.6. The third-order valence-corrected chi connectivity index (χ3v) is 6.50. The van der Waals surface area contributed by atoms with E-state index in [2.05, 4.69) is 49.4 Å². The van der Waals surface area contributed by atoms with Gasteiger partial charge in [-0.2, -0.15) is 0 Å². The van der Waals surface area contributed by atoms with Gasteiger partial charge in [-0.15, -0.1) is 0 Å². The molecular formula is C26H34O4. The molecule has 162 valence electrons. The predicted molar refractivity (Wildman–Crippen MR) is 118 cm³/mol. The molecule has 3 atom stereocenters. The number of aliphatic hydroxyl groups excluding tert-OH is 2. The minimum absolute atomic E-state index is 0.0540. The molecule has 0 amide bonds. The van der Waals surface area contributed by atoms with Crippen LogP contribution in [-0.4, -0.2) is 35.1 Å². The van der Waals surface area contributed by atoms with E-state index in [0.29, 0.717) is 18.9 Å². The van der Waals surface area contributed by atoms with Gasteiger partial charge in [0.2, 0.25) is 0 Å². The summed E-state index contributed by atoms with van der Waals surface area (Å²) < 4.78 is 12.2. The number of aliphatic hydroxyl groups is 2. The molecule has 1 unspecified atom stereocenters. The number of hydrogen-bond acceptors (Lipinski definition) is 4. The van der Waals surface area contributed by atoms with Crippen LogP contribution in [0.4, 0.5) is 0 Å². The lowest BCUT2D eigenvalue weighted by molar-refractivity contribution is -0.113. The summed E-state index contributed by atoms with van der Waals surface area (Å²) >= 11 is 0. The predicted octanol–water partition coefficient (Wildman–Crippen LogP) is 4.87. The standard InChI is InChI=1S/C26H34O4/c1-18-7-10-20(26-16-22(28)15-25(17-27)30-26)14-21(18)13-19-8-11-24(12-9-19)29-23-5-3-2-4-6-23/h7-12,14,22-23,25-28H,2-6,13,15-17H2,1H3/t22?,25-,26+/m0/s1. The summed E-state index contributed by atoms with van der Waals surface area (Å²) in [7, 11) is 0. The highest BCUT2D eigenvalue weighted by Crippen LogP contribution is 2.33. The van der Waals surface area contributed by atoms with Gasteiger partial charge in [-0.1, -0.05) is 36.8 Å². The maximum Gasteiger partial charge on any atom is 0.119 e. The Hall–Kier alpha value is -1.88. The third kappa shape index (κ3) is 5.42. The van der Waals surface area contributed by atoms with Gasteiger partial charge in [0.15, 0.2) is 0 Å². The van der Waals surface area contributed by atoms with Crippen LogP contribution in [0.15, 0.2) is 42.5 Å². The lowest BCUT2D eigenvalue weighted by atomic mass is 9.92. The highest BCUT2D eigenvalue weighted by atomic mass is 16.5. The second-order valence-electron chi connectivity index (χ2n) is 8.94. The van der Waals surface area contributed by atoms with E-state index >= 15 is 0 Å². The van der Waals surface area contributed by atoms with Crippen LogP contribution in [0.1, 0.15) is 73.3 Å². The largest absolute Gasteiger partial charge is 0.490 e. The van der Waals surface area contributed by atoms with Crippen molar-refractivity contribution in [3.63, 3.8) is 0 Å². The molecule has 2 aromatic rings. The second kappa shape index (κ2) is 9.95. The van der Waals surface area contributed by atoms with Crippen LogP contribution in [0.5, 0.6) is 5.75 Å². The first-order valence-corrected chi connectivity index (χ1v) is 11.4. The Morgan fingerprint density at radius 1 is 1.00 bits per heavy atom. The molecule has 2 fully saturated rings. The van der Waals surface area contributed by atoms with Gasteiger partial charge >= 0.3 is 0 Å². The molecule has 2 aromatic carbocycles. The summed E-state index contributed by atoms with van der Waals surface area (Å²) in [5.41, 5.74) is 4.84. The van der Waals surface area contributed by atoms with E-state index in [4.69, 9.17) is 9.47 Å². The van der Waals surface area contributed by atoms with E-state index in [0.717, 1.165) is 17.7 Å². The Morgan fingerprint density at radius 3 is 2.50 bits per heavy atom. The van der Waals surface area contributed by atoms with Gasteiger partial charge < -0.3 is 19.7 Å². The van der Waals surface area contributed by atoms with E-state index in [1.54, 1.807) is 0 Å². The van der Waals surface area contributed by atoms with Crippen LogP contribution in [0.2, 0.25) is 0 Å². The Balaban J connectivity index is 1.43. The van der Waals surface area contributed by atoms with Crippen LogP contribution < -0.4 is 4.74 Å². The van der Waals surface area contributed by atoms with Gasteiger partial charge in [-0.25, -0.2) is 0 Å². The normalized spacial score (nSPS) is 25.2. The molecular weight excluding hydrogens is 376 g/mol. The molecule has 30 heavy (non-hydrogen) atoms. The maximum atomic E-state index is 10.1. The van der Waals surface area contributed by atoms with E-state index in [1.807, 2.05) is 0 Å². The molecule has 0 aromatic heterocycles. The fourth-order valence-electron chi connectivity index (χ4n) is 4.69. The lowest BCUT2D eigenvalue weighted by Gasteiger charge is -2.32. The van der Waals surface area contributed by atoms with Crippen molar-refractivity contribution in [2.24, 2.45) is 0 Å². The van der Waals surface area contributed by atoms with E-state index in [-0.39, 0.29) is 18.8 Å². The molecule has 0 spiro atoms. The Labute approximate surface area is 179 Å². The highest BCUT2D eigenvalue weighted by Gasteiger charge is 2.29. The summed E-state index contributed by atoms with van der Waals surface area (Å²) in [6.45, 7) is 2.08. The lowest BCUT2D eigenvalue weighted by Crippen LogP contribution is -2.33. The molecule has 1 aliphatic carbocycles. The van der Waals surface area contributed by atoms with Crippen LogP contribution in [0, 0.1) is 6.92 Å². The minimum atomic E-state index is -0.428. The van der Waals surface area contributed by atoms with Crippen LogP contribution in [-0.2, 0) is 11.2 Å². The average molecular weight is 411 g/mol. The molecule has 0 bridgehead atoms. The van der Waals surface area contributed by atoms with Gasteiger partial charge in [0, 0.05) is 12.8 Å². The van der Waals surface area contributed by atoms with Gasteiger partial charge in [-0.3, -0.25) is 0 Å². The van der Waals surface area contributed by atoms with Crippen LogP contribution in [0.25, 0.3) is 0 Å². The van der Waals surface area contributed by atoms with E-state index in [1.165, 1.54) is 48.8 Å². The minimum Gasteiger partial charge on any atom is -0.490 e. The Kier molecular flexibility index (Phi) is 7.08. The first-order valence-electron chi connectivity index (χ1n) is 11.4. The van der Waals surface area contributed by atoms with E-state index < -0.39 is 6.10 Å². The zero-order valence-corrected chi connectivity index (χ0v) is 17.9. The van der Waals surface area contributed by atoms with Crippen molar-refractivity contribution in [3.8, 4) is 5.75 Å². The number of benzene rings is 2. The molecule has 1 aliphatic heterocycles. The summed E-state index contributed by atoms with van der Waals surface area (Å²) in [6.07, 6.45) is 7.64. The van der Waals surface area contributed by atoms with Gasteiger partial charge in [-0.05, 0) is 73.4 Å². The number of ether oxygens (including phenoxy) is 2. The summed E-state index contributed by atoms with van der Waals surface area (Å²) in [5.74, 6) is 0.968. The molecule has 1 saturated carbocycles. The smallest absolute Gasteiger partial charge is 0.119 e. The molecule has 1 saturated heterocycles. The zero-order chi connectivity index (χ0) is 20.9. The quantitative estimate of drug-likeness (QED) is 0.713. The molecule has 2 aliphatic rings. The molecule has 1 heterocycles. The number of hydrogen-bond donors (Lipinski definition) is 2. The first kappa shape index (κ1) is 21.4. The molecule has 4 nitrogen and oxygen atoms in total. The Bertz CT molecular complexity index is 810. The summed E-state index contributed by atoms with van der Waals surface area (Å²) in [4.78, 5) is 0. The van der Waals surface area contributed by atoms with Crippen LogP contribution in [0.3, 0.4) is 0 Å². The van der Waals surface area contributed by atoms with Gasteiger partial charge in [0.05, 0.1) is 31.0 Å². The van der Waals surface area contributed by atoms with Crippen molar-refractivity contribution >= 4 is 0 Å². The third-order valence-electron chi connectivity index (χ3n) is 6.50. The van der Waals surface area contributed by atoms with Crippen molar-refractivity contribution in [3.05, 3.63) is 64.7 Å². The maximum absolute atomic E-state index is 10.1. The van der Waals surface area contributed by atoms with Crippen molar-refractivity contribution < 1.29 is 19.7 Å². The highest BCUT2D eigenvalue weighted by molar-refractivity contribution is 5.38. The summed E-state index contributed by atoms with van der Waals surface area (Å²) in [6, 6.07) is 14.9.